The van der Waals surface area contributed by atoms with Gasteiger partial charge in [-0.3, -0.25) is 9.59 Å². The van der Waals surface area contributed by atoms with E-state index < -0.39 is 5.82 Å². The highest BCUT2D eigenvalue weighted by Crippen LogP contribution is 2.35. The third-order valence-corrected chi connectivity index (χ3v) is 4.20. The molecule has 0 N–H and O–H groups in total. The molecule has 0 amide bonds. The van der Waals surface area contributed by atoms with Gasteiger partial charge in [0.2, 0.25) is 0 Å². The number of aryl methyl sites for hydroxylation is 1. The number of aldehydes is 1. The van der Waals surface area contributed by atoms with Gasteiger partial charge in [0, 0.05) is 18.8 Å². The Labute approximate surface area is 142 Å². The van der Waals surface area contributed by atoms with E-state index in [0.29, 0.717) is 28.5 Å². The summed E-state index contributed by atoms with van der Waals surface area (Å²) in [4.78, 5) is 23.4. The molecular weight excluding hydrogens is 333 g/mol. The highest BCUT2D eigenvalue weighted by molar-refractivity contribution is 6.33. The number of aromatic nitrogens is 1. The minimum Gasteiger partial charge on any atom is -0.496 e. The zero-order chi connectivity index (χ0) is 17.4. The van der Waals surface area contributed by atoms with E-state index in [1.54, 1.807) is 31.4 Å². The van der Waals surface area contributed by atoms with Crippen LogP contribution in [0.15, 0.2) is 41.3 Å². The average Bonchev–Trinajstić information content (AvgIpc) is 2.57. The molecule has 2 aromatic carbocycles. The minimum absolute atomic E-state index is 0.239. The Morgan fingerprint density at radius 3 is 2.62 bits per heavy atom. The standard InChI is InChI=1S/C18H13ClFNO3/c1-21-8-14(12-4-3-11(20)7-13(12)18(21)23)10-5-16(19)15(9-22)17(6-10)24-2/h3-9H,1-2H3. The molecule has 3 rings (SSSR count). The van der Waals surface area contributed by atoms with Crippen LogP contribution >= 0.6 is 11.6 Å². The van der Waals surface area contributed by atoms with E-state index in [-0.39, 0.29) is 21.5 Å². The number of ether oxygens (including phenoxy) is 1. The first-order valence-electron chi connectivity index (χ1n) is 7.08. The van der Waals surface area contributed by atoms with Gasteiger partial charge in [0.25, 0.3) is 5.56 Å². The molecule has 0 aliphatic carbocycles. The highest BCUT2D eigenvalue weighted by Gasteiger charge is 2.15. The number of benzene rings is 2. The van der Waals surface area contributed by atoms with Crippen molar-refractivity contribution in [1.82, 2.24) is 4.57 Å². The number of methoxy groups -OCH3 is 1. The van der Waals surface area contributed by atoms with Crippen molar-refractivity contribution in [3.63, 3.8) is 0 Å². The summed E-state index contributed by atoms with van der Waals surface area (Å²) in [5.41, 5.74) is 1.30. The molecule has 1 heterocycles. The van der Waals surface area contributed by atoms with Crippen molar-refractivity contribution in [3.05, 3.63) is 63.3 Å². The Bertz CT molecular complexity index is 1030. The van der Waals surface area contributed by atoms with Crippen LogP contribution < -0.4 is 10.3 Å². The summed E-state index contributed by atoms with van der Waals surface area (Å²) in [6.45, 7) is 0. The molecule has 0 aliphatic heterocycles. The lowest BCUT2D eigenvalue weighted by atomic mass is 9.99. The molecule has 0 saturated carbocycles. The molecule has 3 aromatic rings. The molecule has 0 atom stereocenters. The third-order valence-electron chi connectivity index (χ3n) is 3.89. The topological polar surface area (TPSA) is 48.3 Å². The summed E-state index contributed by atoms with van der Waals surface area (Å²) in [5.74, 6) is -0.153. The Kier molecular flexibility index (Phi) is 4.11. The van der Waals surface area contributed by atoms with Crippen molar-refractivity contribution in [2.75, 3.05) is 7.11 Å². The minimum atomic E-state index is -0.483. The molecule has 0 spiro atoms. The second-order valence-corrected chi connectivity index (χ2v) is 5.75. The van der Waals surface area contributed by atoms with E-state index in [0.717, 1.165) is 0 Å². The molecule has 0 aliphatic rings. The molecule has 0 unspecified atom stereocenters. The maximum absolute atomic E-state index is 13.5. The number of carbonyl (C=O) groups excluding carboxylic acids is 1. The number of rotatable bonds is 3. The fourth-order valence-electron chi connectivity index (χ4n) is 2.70. The first-order chi connectivity index (χ1) is 11.5. The first kappa shape index (κ1) is 16.2. The monoisotopic (exact) mass is 345 g/mol. The second kappa shape index (κ2) is 6.09. The maximum Gasteiger partial charge on any atom is 0.258 e. The Balaban J connectivity index is 2.39. The predicted molar refractivity (Wildman–Crippen MR) is 91.5 cm³/mol. The van der Waals surface area contributed by atoms with Crippen LogP contribution in [0, 0.1) is 5.82 Å². The van der Waals surface area contributed by atoms with Crippen molar-refractivity contribution in [3.8, 4) is 16.9 Å². The van der Waals surface area contributed by atoms with Gasteiger partial charge in [0.15, 0.2) is 6.29 Å². The quantitative estimate of drug-likeness (QED) is 0.678. The number of carbonyl (C=O) groups is 1. The highest BCUT2D eigenvalue weighted by atomic mass is 35.5. The third kappa shape index (κ3) is 2.57. The predicted octanol–water partition coefficient (Wildman–Crippen LogP) is 3.82. The molecule has 0 fully saturated rings. The Hall–Kier alpha value is -2.66. The molecular formula is C18H13ClFNO3. The fourth-order valence-corrected chi connectivity index (χ4v) is 2.96. The van der Waals surface area contributed by atoms with Crippen molar-refractivity contribution >= 4 is 28.7 Å². The number of pyridine rings is 1. The van der Waals surface area contributed by atoms with E-state index in [2.05, 4.69) is 0 Å². The number of nitrogens with zero attached hydrogens (tertiary/aromatic N) is 1. The summed E-state index contributed by atoms with van der Waals surface area (Å²) in [5, 5.41) is 1.10. The Morgan fingerprint density at radius 2 is 1.96 bits per heavy atom. The summed E-state index contributed by atoms with van der Waals surface area (Å²) in [7, 11) is 3.03. The van der Waals surface area contributed by atoms with Gasteiger partial charge in [-0.15, -0.1) is 0 Å². The second-order valence-electron chi connectivity index (χ2n) is 5.34. The summed E-state index contributed by atoms with van der Waals surface area (Å²) in [6, 6.07) is 7.34. The van der Waals surface area contributed by atoms with Crippen LogP contribution in [0.1, 0.15) is 10.4 Å². The van der Waals surface area contributed by atoms with Crippen molar-refractivity contribution in [2.45, 2.75) is 0 Å². The van der Waals surface area contributed by atoms with Crippen LogP contribution in [-0.2, 0) is 7.05 Å². The van der Waals surface area contributed by atoms with E-state index in [4.69, 9.17) is 16.3 Å². The van der Waals surface area contributed by atoms with Crippen LogP contribution in [0.2, 0.25) is 5.02 Å². The van der Waals surface area contributed by atoms with Crippen LogP contribution in [0.3, 0.4) is 0 Å². The normalized spacial score (nSPS) is 10.8. The molecule has 0 radical (unpaired) electrons. The molecule has 4 nitrogen and oxygen atoms in total. The molecule has 122 valence electrons. The maximum atomic E-state index is 13.5. The van der Waals surface area contributed by atoms with Gasteiger partial charge in [-0.2, -0.15) is 0 Å². The fraction of sp³-hybridized carbons (Fsp3) is 0.111. The van der Waals surface area contributed by atoms with Gasteiger partial charge in [-0.1, -0.05) is 17.7 Å². The summed E-state index contributed by atoms with van der Waals surface area (Å²) < 4.78 is 20.1. The number of fused-ring (bicyclic) bond motifs is 1. The Morgan fingerprint density at radius 1 is 1.21 bits per heavy atom. The zero-order valence-electron chi connectivity index (χ0n) is 13.0. The first-order valence-corrected chi connectivity index (χ1v) is 7.46. The van der Waals surface area contributed by atoms with E-state index in [1.165, 1.54) is 23.8 Å². The van der Waals surface area contributed by atoms with Gasteiger partial charge in [0.05, 0.1) is 23.1 Å². The number of hydrogen-bond donors (Lipinski definition) is 0. The molecule has 6 heteroatoms. The molecule has 0 saturated heterocycles. The number of halogens is 2. The van der Waals surface area contributed by atoms with Gasteiger partial charge in [0.1, 0.15) is 11.6 Å². The van der Waals surface area contributed by atoms with Gasteiger partial charge in [-0.25, -0.2) is 4.39 Å². The van der Waals surface area contributed by atoms with E-state index in [1.807, 2.05) is 0 Å². The summed E-state index contributed by atoms with van der Waals surface area (Å²) in [6.07, 6.45) is 2.27. The largest absolute Gasteiger partial charge is 0.496 e. The van der Waals surface area contributed by atoms with Crippen molar-refractivity contribution < 1.29 is 13.9 Å². The van der Waals surface area contributed by atoms with Gasteiger partial charge < -0.3 is 9.30 Å². The lowest BCUT2D eigenvalue weighted by Gasteiger charge is -2.13. The lowest BCUT2D eigenvalue weighted by Crippen LogP contribution is -2.16. The van der Waals surface area contributed by atoms with Crippen molar-refractivity contribution in [1.29, 1.82) is 0 Å². The SMILES string of the molecule is COc1cc(-c2cn(C)c(=O)c3cc(F)ccc23)cc(Cl)c1C=O. The van der Waals surface area contributed by atoms with Gasteiger partial charge >= 0.3 is 0 Å². The molecule has 0 bridgehead atoms. The van der Waals surface area contributed by atoms with E-state index in [9.17, 15) is 14.0 Å². The zero-order valence-corrected chi connectivity index (χ0v) is 13.7. The van der Waals surface area contributed by atoms with Crippen LogP contribution in [0.5, 0.6) is 5.75 Å². The van der Waals surface area contributed by atoms with E-state index >= 15 is 0 Å². The van der Waals surface area contributed by atoms with Crippen LogP contribution in [0.25, 0.3) is 21.9 Å². The lowest BCUT2D eigenvalue weighted by molar-refractivity contribution is 0.112. The smallest absolute Gasteiger partial charge is 0.258 e. The van der Waals surface area contributed by atoms with Crippen molar-refractivity contribution in [2.24, 2.45) is 7.05 Å². The van der Waals surface area contributed by atoms with Gasteiger partial charge in [-0.05, 0) is 35.2 Å². The van der Waals surface area contributed by atoms with Crippen LogP contribution in [0.4, 0.5) is 4.39 Å². The molecule has 24 heavy (non-hydrogen) atoms. The summed E-state index contributed by atoms with van der Waals surface area (Å²) >= 11 is 6.17. The average molecular weight is 346 g/mol. The number of hydrogen-bond acceptors (Lipinski definition) is 3. The van der Waals surface area contributed by atoms with Crippen LogP contribution in [-0.4, -0.2) is 18.0 Å². The molecule has 1 aromatic heterocycles.